The fourth-order valence-corrected chi connectivity index (χ4v) is 1.85. The van der Waals surface area contributed by atoms with E-state index in [1.54, 1.807) is 0 Å². The number of carbonyl (C=O) groups excluding carboxylic acids is 1. The van der Waals surface area contributed by atoms with Gasteiger partial charge in [0.2, 0.25) is 0 Å². The minimum atomic E-state index is -0.188. The summed E-state index contributed by atoms with van der Waals surface area (Å²) >= 11 is 0. The normalized spacial score (nSPS) is 10.9. The highest BCUT2D eigenvalue weighted by Gasteiger charge is 2.01. The van der Waals surface area contributed by atoms with Crippen LogP contribution in [0.1, 0.15) is 23.1 Å². The van der Waals surface area contributed by atoms with Crippen molar-refractivity contribution in [1.82, 2.24) is 0 Å². The van der Waals surface area contributed by atoms with Crippen molar-refractivity contribution in [2.45, 2.75) is 26.7 Å². The van der Waals surface area contributed by atoms with Crippen molar-refractivity contribution < 1.29 is 4.79 Å². The number of benzene rings is 2. The molecule has 0 bridgehead atoms. The summed E-state index contributed by atoms with van der Waals surface area (Å²) in [6.07, 6.45) is 1.09. The molecule has 0 fully saturated rings. The van der Waals surface area contributed by atoms with Crippen LogP contribution in [0.3, 0.4) is 0 Å². The Bertz CT molecular complexity index is 618. The van der Waals surface area contributed by atoms with E-state index in [1.807, 2.05) is 62.4 Å². The molecule has 102 valence electrons. The number of amides is 1. The molecule has 0 aliphatic carbocycles. The van der Waals surface area contributed by atoms with Crippen LogP contribution in [0.4, 0.5) is 5.69 Å². The van der Waals surface area contributed by atoms with Crippen LogP contribution in [0.2, 0.25) is 0 Å². The SMILES string of the molecule is Cc1ccc(N=NC(=O)CCc2ccccc2)cc1C. The highest BCUT2D eigenvalue weighted by Crippen LogP contribution is 2.17. The van der Waals surface area contributed by atoms with E-state index in [-0.39, 0.29) is 5.91 Å². The molecule has 0 saturated heterocycles. The first-order chi connectivity index (χ1) is 9.65. The highest BCUT2D eigenvalue weighted by molar-refractivity contribution is 5.76. The number of hydrogen-bond acceptors (Lipinski definition) is 2. The van der Waals surface area contributed by atoms with E-state index in [0.717, 1.165) is 16.8 Å². The molecule has 2 aromatic carbocycles. The number of carbonyl (C=O) groups is 1. The maximum absolute atomic E-state index is 11.7. The molecule has 0 aliphatic heterocycles. The summed E-state index contributed by atoms with van der Waals surface area (Å²) in [7, 11) is 0. The van der Waals surface area contributed by atoms with Gasteiger partial charge in [0.1, 0.15) is 0 Å². The molecule has 0 atom stereocenters. The van der Waals surface area contributed by atoms with Crippen LogP contribution in [-0.2, 0) is 11.2 Å². The minimum absolute atomic E-state index is 0.188. The standard InChI is InChI=1S/C17H18N2O/c1-13-8-10-16(12-14(13)2)18-19-17(20)11-9-15-6-4-3-5-7-15/h3-8,10,12H,9,11H2,1-2H3. The smallest absolute Gasteiger partial charge is 0.265 e. The predicted octanol–water partition coefficient (Wildman–Crippen LogP) is 4.55. The summed E-state index contributed by atoms with van der Waals surface area (Å²) in [5.74, 6) is -0.188. The van der Waals surface area contributed by atoms with Gasteiger partial charge in [-0.05, 0) is 49.1 Å². The van der Waals surface area contributed by atoms with Crippen molar-refractivity contribution in [3.05, 3.63) is 65.2 Å². The van der Waals surface area contributed by atoms with Gasteiger partial charge < -0.3 is 0 Å². The van der Waals surface area contributed by atoms with Gasteiger partial charge in [0, 0.05) is 6.42 Å². The van der Waals surface area contributed by atoms with E-state index in [2.05, 4.69) is 10.2 Å². The van der Waals surface area contributed by atoms with Crippen molar-refractivity contribution in [2.75, 3.05) is 0 Å². The van der Waals surface area contributed by atoms with E-state index in [4.69, 9.17) is 0 Å². The van der Waals surface area contributed by atoms with Crippen LogP contribution in [0.25, 0.3) is 0 Å². The average Bonchev–Trinajstić information content (AvgIpc) is 2.47. The molecule has 0 aliphatic rings. The van der Waals surface area contributed by atoms with Crippen molar-refractivity contribution in [1.29, 1.82) is 0 Å². The lowest BCUT2D eigenvalue weighted by Crippen LogP contribution is -1.95. The molecule has 0 radical (unpaired) electrons. The van der Waals surface area contributed by atoms with Crippen LogP contribution in [0.15, 0.2) is 58.8 Å². The summed E-state index contributed by atoms with van der Waals surface area (Å²) in [6, 6.07) is 15.7. The number of azo groups is 1. The zero-order chi connectivity index (χ0) is 14.4. The predicted molar refractivity (Wildman–Crippen MR) is 80.2 cm³/mol. The summed E-state index contributed by atoms with van der Waals surface area (Å²) in [5.41, 5.74) is 4.22. The monoisotopic (exact) mass is 266 g/mol. The van der Waals surface area contributed by atoms with E-state index in [0.29, 0.717) is 12.8 Å². The van der Waals surface area contributed by atoms with Crippen molar-refractivity contribution in [3.8, 4) is 0 Å². The summed E-state index contributed by atoms with van der Waals surface area (Å²) < 4.78 is 0. The Balaban J connectivity index is 1.90. The van der Waals surface area contributed by atoms with E-state index >= 15 is 0 Å². The Kier molecular flexibility index (Phi) is 4.77. The summed E-state index contributed by atoms with van der Waals surface area (Å²) in [4.78, 5) is 11.7. The summed E-state index contributed by atoms with van der Waals surface area (Å²) in [6.45, 7) is 4.06. The van der Waals surface area contributed by atoms with Crippen LogP contribution >= 0.6 is 0 Å². The van der Waals surface area contributed by atoms with Crippen LogP contribution in [0, 0.1) is 13.8 Å². The third-order valence-corrected chi connectivity index (χ3v) is 3.24. The maximum Gasteiger partial charge on any atom is 0.265 e. The molecular weight excluding hydrogens is 248 g/mol. The molecular formula is C17H18N2O. The average molecular weight is 266 g/mol. The van der Waals surface area contributed by atoms with Crippen molar-refractivity contribution >= 4 is 11.6 Å². The highest BCUT2D eigenvalue weighted by atomic mass is 16.1. The molecule has 20 heavy (non-hydrogen) atoms. The van der Waals surface area contributed by atoms with Gasteiger partial charge in [-0.2, -0.15) is 0 Å². The quantitative estimate of drug-likeness (QED) is 0.749. The van der Waals surface area contributed by atoms with Gasteiger partial charge in [-0.25, -0.2) is 0 Å². The fourth-order valence-electron chi connectivity index (χ4n) is 1.85. The zero-order valence-electron chi connectivity index (χ0n) is 11.8. The van der Waals surface area contributed by atoms with Gasteiger partial charge in [0.15, 0.2) is 0 Å². The molecule has 1 amide bonds. The molecule has 0 aromatic heterocycles. The Morgan fingerprint density at radius 1 is 1.00 bits per heavy atom. The molecule has 3 heteroatoms. The topological polar surface area (TPSA) is 41.8 Å². The fraction of sp³-hybridized carbons (Fsp3) is 0.235. The van der Waals surface area contributed by atoms with Crippen LogP contribution in [-0.4, -0.2) is 5.91 Å². The van der Waals surface area contributed by atoms with Gasteiger partial charge in [-0.15, -0.1) is 10.2 Å². The van der Waals surface area contributed by atoms with E-state index in [9.17, 15) is 4.79 Å². The van der Waals surface area contributed by atoms with Gasteiger partial charge >= 0.3 is 0 Å². The van der Waals surface area contributed by atoms with Gasteiger partial charge in [0.25, 0.3) is 5.91 Å². The first-order valence-electron chi connectivity index (χ1n) is 6.71. The Hall–Kier alpha value is -2.29. The first kappa shape index (κ1) is 14.1. The molecule has 0 saturated carbocycles. The van der Waals surface area contributed by atoms with Crippen molar-refractivity contribution in [2.24, 2.45) is 10.2 Å². The number of aryl methyl sites for hydroxylation is 3. The molecule has 0 unspecified atom stereocenters. The number of nitrogens with zero attached hydrogens (tertiary/aromatic N) is 2. The molecule has 0 N–H and O–H groups in total. The molecule has 2 rings (SSSR count). The Morgan fingerprint density at radius 3 is 2.45 bits per heavy atom. The van der Waals surface area contributed by atoms with Gasteiger partial charge in [-0.1, -0.05) is 36.4 Å². The Morgan fingerprint density at radius 2 is 1.75 bits per heavy atom. The third kappa shape index (κ3) is 4.12. The molecule has 2 aromatic rings. The zero-order valence-corrected chi connectivity index (χ0v) is 11.8. The Labute approximate surface area is 119 Å². The second-order valence-corrected chi connectivity index (χ2v) is 4.85. The molecule has 0 heterocycles. The summed E-state index contributed by atoms with van der Waals surface area (Å²) in [5, 5.41) is 7.76. The second kappa shape index (κ2) is 6.75. The van der Waals surface area contributed by atoms with E-state index in [1.165, 1.54) is 5.56 Å². The van der Waals surface area contributed by atoms with Gasteiger partial charge in [0.05, 0.1) is 5.69 Å². The minimum Gasteiger partial charge on any atom is -0.271 e. The number of rotatable bonds is 4. The lowest BCUT2D eigenvalue weighted by molar-refractivity contribution is -0.118. The molecule has 3 nitrogen and oxygen atoms in total. The van der Waals surface area contributed by atoms with Crippen molar-refractivity contribution in [3.63, 3.8) is 0 Å². The second-order valence-electron chi connectivity index (χ2n) is 4.85. The first-order valence-corrected chi connectivity index (χ1v) is 6.71. The van der Waals surface area contributed by atoms with Gasteiger partial charge in [-0.3, -0.25) is 4.79 Å². The lowest BCUT2D eigenvalue weighted by atomic mass is 10.1. The van der Waals surface area contributed by atoms with Crippen LogP contribution in [0.5, 0.6) is 0 Å². The van der Waals surface area contributed by atoms with Crippen LogP contribution < -0.4 is 0 Å². The number of hydrogen-bond donors (Lipinski definition) is 0. The lowest BCUT2D eigenvalue weighted by Gasteiger charge is -1.99. The third-order valence-electron chi connectivity index (χ3n) is 3.24. The largest absolute Gasteiger partial charge is 0.271 e. The maximum atomic E-state index is 11.7. The van der Waals surface area contributed by atoms with E-state index < -0.39 is 0 Å². The molecule has 0 spiro atoms.